The lowest BCUT2D eigenvalue weighted by molar-refractivity contribution is -0.125. The number of hydrogen-bond acceptors (Lipinski definition) is 4. The molecule has 1 aromatic heterocycles. The van der Waals surface area contributed by atoms with Gasteiger partial charge in [-0.15, -0.1) is 0 Å². The van der Waals surface area contributed by atoms with Crippen LogP contribution in [0.1, 0.15) is 59.6 Å². The van der Waals surface area contributed by atoms with E-state index < -0.39 is 6.04 Å². The zero-order valence-electron chi connectivity index (χ0n) is 18.4. The van der Waals surface area contributed by atoms with Crippen LogP contribution in [0.25, 0.3) is 0 Å². The molecule has 2 aromatic rings. The lowest BCUT2D eigenvalue weighted by atomic mass is 9.88. The molecule has 2 heterocycles. The quantitative estimate of drug-likeness (QED) is 0.713. The van der Waals surface area contributed by atoms with Crippen molar-refractivity contribution >= 4 is 17.7 Å². The highest BCUT2D eigenvalue weighted by Crippen LogP contribution is 2.23. The first-order valence-corrected chi connectivity index (χ1v) is 10.9. The molecule has 2 N–H and O–H groups in total. The van der Waals surface area contributed by atoms with Gasteiger partial charge in [-0.05, 0) is 63.3 Å². The van der Waals surface area contributed by atoms with E-state index in [0.29, 0.717) is 37.3 Å². The van der Waals surface area contributed by atoms with Crippen molar-refractivity contribution in [2.45, 2.75) is 52.1 Å². The van der Waals surface area contributed by atoms with Gasteiger partial charge in [-0.1, -0.05) is 24.6 Å². The molecule has 0 aliphatic carbocycles. The van der Waals surface area contributed by atoms with Crippen molar-refractivity contribution in [2.24, 2.45) is 5.92 Å². The molecule has 3 rings (SSSR count). The molecule has 3 amide bonds. The van der Waals surface area contributed by atoms with E-state index in [2.05, 4.69) is 10.6 Å². The summed E-state index contributed by atoms with van der Waals surface area (Å²) in [6.07, 6.45) is 3.54. The van der Waals surface area contributed by atoms with Crippen molar-refractivity contribution in [1.82, 2.24) is 15.5 Å². The van der Waals surface area contributed by atoms with Crippen molar-refractivity contribution in [3.05, 3.63) is 59.5 Å². The fraction of sp³-hybridized carbons (Fsp3) is 0.458. The van der Waals surface area contributed by atoms with Gasteiger partial charge in [0.1, 0.15) is 6.04 Å². The maximum absolute atomic E-state index is 13.0. The molecular weight excluding hydrogens is 394 g/mol. The molecule has 0 radical (unpaired) electrons. The summed E-state index contributed by atoms with van der Waals surface area (Å²) < 4.78 is 5.21. The fourth-order valence-electron chi connectivity index (χ4n) is 3.75. The highest BCUT2D eigenvalue weighted by atomic mass is 16.3. The Hall–Kier alpha value is -3.09. The number of likely N-dealkylation sites (tertiary alicyclic amines) is 1. The standard InChI is InChI=1S/C24H31N3O4/c1-4-17(3)25-23(29)21(26-22(28)19-9-7-16(2)8-10-19)18-11-13-27(14-12-18)24(30)20-6-5-15-31-20/h5-10,15,17-18,21H,4,11-14H2,1-3H3,(H,25,29)(H,26,28). The van der Waals surface area contributed by atoms with Crippen molar-refractivity contribution in [2.75, 3.05) is 13.1 Å². The monoisotopic (exact) mass is 425 g/mol. The number of rotatable bonds is 7. The Balaban J connectivity index is 1.69. The van der Waals surface area contributed by atoms with Gasteiger partial charge in [0.2, 0.25) is 5.91 Å². The number of benzene rings is 1. The topological polar surface area (TPSA) is 91.7 Å². The minimum atomic E-state index is -0.649. The largest absolute Gasteiger partial charge is 0.459 e. The van der Waals surface area contributed by atoms with Gasteiger partial charge in [0.05, 0.1) is 6.26 Å². The first kappa shape index (κ1) is 22.6. The average molecular weight is 426 g/mol. The van der Waals surface area contributed by atoms with Crippen LogP contribution in [0.15, 0.2) is 47.1 Å². The van der Waals surface area contributed by atoms with Crippen molar-refractivity contribution < 1.29 is 18.8 Å². The molecular formula is C24H31N3O4. The van der Waals surface area contributed by atoms with Crippen LogP contribution >= 0.6 is 0 Å². The van der Waals surface area contributed by atoms with Crippen molar-refractivity contribution in [3.63, 3.8) is 0 Å². The summed E-state index contributed by atoms with van der Waals surface area (Å²) in [5.74, 6) is -0.326. The molecule has 0 saturated carbocycles. The number of aryl methyl sites for hydroxylation is 1. The number of furan rings is 1. The molecule has 0 spiro atoms. The first-order valence-electron chi connectivity index (χ1n) is 10.9. The Morgan fingerprint density at radius 2 is 1.77 bits per heavy atom. The Labute approximate surface area is 183 Å². The molecule has 166 valence electrons. The SMILES string of the molecule is CCC(C)NC(=O)C(NC(=O)c1ccc(C)cc1)C1CCN(C(=O)c2ccco2)CC1. The highest BCUT2D eigenvalue weighted by Gasteiger charge is 2.35. The maximum atomic E-state index is 13.0. The van der Waals surface area contributed by atoms with E-state index in [0.717, 1.165) is 12.0 Å². The number of hydrogen-bond donors (Lipinski definition) is 2. The lowest BCUT2D eigenvalue weighted by Crippen LogP contribution is -2.55. The van der Waals surface area contributed by atoms with Crippen LogP contribution in [0.3, 0.4) is 0 Å². The third kappa shape index (κ3) is 5.75. The van der Waals surface area contributed by atoms with E-state index in [9.17, 15) is 14.4 Å². The summed E-state index contributed by atoms with van der Waals surface area (Å²) in [5, 5.41) is 5.95. The highest BCUT2D eigenvalue weighted by molar-refractivity contribution is 5.97. The van der Waals surface area contributed by atoms with Gasteiger partial charge in [-0.3, -0.25) is 14.4 Å². The zero-order chi connectivity index (χ0) is 22.4. The van der Waals surface area contributed by atoms with E-state index in [1.54, 1.807) is 29.2 Å². The van der Waals surface area contributed by atoms with Gasteiger partial charge in [0, 0.05) is 24.7 Å². The van der Waals surface area contributed by atoms with Crippen LogP contribution in [-0.4, -0.2) is 47.8 Å². The lowest BCUT2D eigenvalue weighted by Gasteiger charge is -2.35. The van der Waals surface area contributed by atoms with Crippen LogP contribution in [0.5, 0.6) is 0 Å². The fourth-order valence-corrected chi connectivity index (χ4v) is 3.75. The van der Waals surface area contributed by atoms with E-state index in [1.165, 1.54) is 6.26 Å². The number of nitrogens with one attached hydrogen (secondary N) is 2. The van der Waals surface area contributed by atoms with Gasteiger partial charge >= 0.3 is 0 Å². The Morgan fingerprint density at radius 1 is 1.10 bits per heavy atom. The van der Waals surface area contributed by atoms with Gasteiger partial charge in [-0.2, -0.15) is 0 Å². The molecule has 1 aromatic carbocycles. The summed E-state index contributed by atoms with van der Waals surface area (Å²) in [6, 6.07) is 9.99. The summed E-state index contributed by atoms with van der Waals surface area (Å²) in [7, 11) is 0. The molecule has 1 saturated heterocycles. The zero-order valence-corrected chi connectivity index (χ0v) is 18.4. The molecule has 2 atom stereocenters. The maximum Gasteiger partial charge on any atom is 0.289 e. The summed E-state index contributed by atoms with van der Waals surface area (Å²) in [4.78, 5) is 40.1. The Kier molecular flexibility index (Phi) is 7.50. The second kappa shape index (κ2) is 10.3. The predicted molar refractivity (Wildman–Crippen MR) is 118 cm³/mol. The number of piperidine rings is 1. The smallest absolute Gasteiger partial charge is 0.289 e. The minimum absolute atomic E-state index is 0.0203. The van der Waals surface area contributed by atoms with Gasteiger partial charge < -0.3 is 20.0 Å². The van der Waals surface area contributed by atoms with Crippen molar-refractivity contribution in [3.8, 4) is 0 Å². The number of carbonyl (C=O) groups excluding carboxylic acids is 3. The van der Waals surface area contributed by atoms with Crippen LogP contribution in [0.4, 0.5) is 0 Å². The normalized spacial score (nSPS) is 16.4. The number of amides is 3. The van der Waals surface area contributed by atoms with Crippen molar-refractivity contribution in [1.29, 1.82) is 0 Å². The summed E-state index contributed by atoms with van der Waals surface area (Å²) in [6.45, 7) is 6.93. The van der Waals surface area contributed by atoms with E-state index in [-0.39, 0.29) is 29.7 Å². The Bertz CT molecular complexity index is 884. The van der Waals surface area contributed by atoms with Crippen LogP contribution in [-0.2, 0) is 4.79 Å². The first-order chi connectivity index (χ1) is 14.9. The van der Waals surface area contributed by atoms with Gasteiger partial charge in [0.15, 0.2) is 5.76 Å². The molecule has 0 bridgehead atoms. The molecule has 31 heavy (non-hydrogen) atoms. The van der Waals surface area contributed by atoms with E-state index >= 15 is 0 Å². The molecule has 1 aliphatic heterocycles. The second-order valence-electron chi connectivity index (χ2n) is 8.24. The van der Waals surface area contributed by atoms with Crippen LogP contribution in [0, 0.1) is 12.8 Å². The van der Waals surface area contributed by atoms with Gasteiger partial charge in [0.25, 0.3) is 11.8 Å². The average Bonchev–Trinajstić information content (AvgIpc) is 3.32. The third-order valence-corrected chi connectivity index (χ3v) is 5.91. The second-order valence-corrected chi connectivity index (χ2v) is 8.24. The summed E-state index contributed by atoms with van der Waals surface area (Å²) in [5.41, 5.74) is 1.59. The third-order valence-electron chi connectivity index (χ3n) is 5.91. The molecule has 1 aliphatic rings. The minimum Gasteiger partial charge on any atom is -0.459 e. The molecule has 1 fully saturated rings. The number of nitrogens with zero attached hydrogens (tertiary/aromatic N) is 1. The molecule has 2 unspecified atom stereocenters. The number of carbonyl (C=O) groups is 3. The van der Waals surface area contributed by atoms with Crippen LogP contribution in [0.2, 0.25) is 0 Å². The Morgan fingerprint density at radius 3 is 2.35 bits per heavy atom. The van der Waals surface area contributed by atoms with E-state index in [4.69, 9.17) is 4.42 Å². The predicted octanol–water partition coefficient (Wildman–Crippen LogP) is 3.15. The molecule has 7 heteroatoms. The van der Waals surface area contributed by atoms with Gasteiger partial charge in [-0.25, -0.2) is 0 Å². The van der Waals surface area contributed by atoms with E-state index in [1.807, 2.05) is 32.9 Å². The summed E-state index contributed by atoms with van der Waals surface area (Å²) >= 11 is 0. The molecule has 7 nitrogen and oxygen atoms in total. The van der Waals surface area contributed by atoms with Crippen LogP contribution < -0.4 is 10.6 Å².